The van der Waals surface area contributed by atoms with Gasteiger partial charge in [0.05, 0.1) is 5.39 Å². The van der Waals surface area contributed by atoms with Gasteiger partial charge in [-0.3, -0.25) is 4.79 Å². The average Bonchev–Trinajstić information content (AvgIpc) is 2.57. The van der Waals surface area contributed by atoms with Crippen LogP contribution in [0.3, 0.4) is 0 Å². The Kier molecular flexibility index (Phi) is 7.42. The highest BCUT2D eigenvalue weighted by Crippen LogP contribution is 2.31. The predicted octanol–water partition coefficient (Wildman–Crippen LogP) is 2.89. The highest BCUT2D eigenvalue weighted by atomic mass is 16.5. The molecule has 1 atom stereocenters. The zero-order valence-corrected chi connectivity index (χ0v) is 16.9. The monoisotopic (exact) mass is 374 g/mol. The maximum atomic E-state index is 12.4. The highest BCUT2D eigenvalue weighted by molar-refractivity contribution is 5.88. The largest absolute Gasteiger partial charge is 0.480 e. The summed E-state index contributed by atoms with van der Waals surface area (Å²) >= 11 is 0. The summed E-state index contributed by atoms with van der Waals surface area (Å²) in [5.74, 6) is 0.422. The van der Waals surface area contributed by atoms with Crippen LogP contribution in [0.1, 0.15) is 37.8 Å². The Morgan fingerprint density at radius 1 is 1.30 bits per heavy atom. The molecule has 1 amide bonds. The first-order valence-electron chi connectivity index (χ1n) is 9.48. The zero-order valence-electron chi connectivity index (χ0n) is 16.9. The number of benzene rings is 1. The number of nitrogens with zero attached hydrogens (tertiary/aromatic N) is 1. The number of hydrogen-bond acceptors (Lipinski definition) is 5. The van der Waals surface area contributed by atoms with Crippen molar-refractivity contribution in [3.05, 3.63) is 39.7 Å². The van der Waals surface area contributed by atoms with Crippen molar-refractivity contribution in [3.8, 4) is 5.75 Å². The van der Waals surface area contributed by atoms with Crippen LogP contribution in [0.25, 0.3) is 11.0 Å². The van der Waals surface area contributed by atoms with Crippen LogP contribution in [0.5, 0.6) is 5.75 Å². The fourth-order valence-corrected chi connectivity index (χ4v) is 3.02. The third-order valence-corrected chi connectivity index (χ3v) is 4.31. The lowest BCUT2D eigenvalue weighted by molar-refractivity contribution is -0.127. The first-order chi connectivity index (χ1) is 12.8. The molecular weight excluding hydrogens is 344 g/mol. The molecule has 0 radical (unpaired) electrons. The first-order valence-corrected chi connectivity index (χ1v) is 9.48. The lowest BCUT2D eigenvalue weighted by Gasteiger charge is -2.18. The molecule has 0 spiro atoms. The standard InChI is InChI=1S/C21H30N2O4/c1-6-8-16-13-19(24)27-18-12-14(2)11-17(20(16)18)26-15(3)21(25)22-9-7-10-23(4)5/h11-13,15H,6-10H2,1-5H3,(H,22,25)/t15-/m1/s1. The van der Waals surface area contributed by atoms with Crippen molar-refractivity contribution in [2.75, 3.05) is 27.2 Å². The van der Waals surface area contributed by atoms with Gasteiger partial charge in [-0.15, -0.1) is 0 Å². The minimum absolute atomic E-state index is 0.155. The van der Waals surface area contributed by atoms with E-state index in [2.05, 4.69) is 17.1 Å². The third-order valence-electron chi connectivity index (χ3n) is 4.31. The van der Waals surface area contributed by atoms with Gasteiger partial charge >= 0.3 is 5.63 Å². The Morgan fingerprint density at radius 2 is 2.04 bits per heavy atom. The van der Waals surface area contributed by atoms with Crippen molar-refractivity contribution in [1.29, 1.82) is 0 Å². The van der Waals surface area contributed by atoms with E-state index in [1.54, 1.807) is 6.92 Å². The van der Waals surface area contributed by atoms with Crippen LogP contribution in [0.15, 0.2) is 27.4 Å². The Labute approximate surface area is 160 Å². The van der Waals surface area contributed by atoms with Crippen LogP contribution < -0.4 is 15.7 Å². The minimum Gasteiger partial charge on any atom is -0.480 e. The molecule has 6 nitrogen and oxygen atoms in total. The van der Waals surface area contributed by atoms with Gasteiger partial charge in [-0.05, 0) is 70.6 Å². The molecule has 0 saturated heterocycles. The number of nitrogens with one attached hydrogen (secondary N) is 1. The highest BCUT2D eigenvalue weighted by Gasteiger charge is 2.18. The van der Waals surface area contributed by atoms with Crippen LogP contribution in [0.4, 0.5) is 0 Å². The molecule has 0 saturated carbocycles. The summed E-state index contributed by atoms with van der Waals surface area (Å²) in [4.78, 5) is 26.3. The molecule has 0 unspecified atom stereocenters. The zero-order chi connectivity index (χ0) is 20.0. The van der Waals surface area contributed by atoms with Gasteiger partial charge in [0.15, 0.2) is 6.10 Å². The lowest BCUT2D eigenvalue weighted by atomic mass is 10.0. The molecule has 1 aromatic heterocycles. The fraction of sp³-hybridized carbons (Fsp3) is 0.524. The summed E-state index contributed by atoms with van der Waals surface area (Å²) in [5.41, 5.74) is 1.93. The molecule has 0 bridgehead atoms. The van der Waals surface area contributed by atoms with E-state index < -0.39 is 6.10 Å². The average molecular weight is 374 g/mol. The van der Waals surface area contributed by atoms with Gasteiger partial charge in [-0.2, -0.15) is 0 Å². The molecule has 6 heteroatoms. The van der Waals surface area contributed by atoms with Gasteiger partial charge in [0.25, 0.3) is 5.91 Å². The summed E-state index contributed by atoms with van der Waals surface area (Å²) in [6, 6.07) is 5.23. The second-order valence-electron chi connectivity index (χ2n) is 7.18. The number of hydrogen-bond donors (Lipinski definition) is 1. The Balaban J connectivity index is 2.22. The quantitative estimate of drug-likeness (QED) is 0.540. The molecule has 0 fully saturated rings. The van der Waals surface area contributed by atoms with Gasteiger partial charge in [0.1, 0.15) is 11.3 Å². The van der Waals surface area contributed by atoms with E-state index in [0.29, 0.717) is 17.9 Å². The SMILES string of the molecule is CCCc1cc(=O)oc2cc(C)cc(O[C@H](C)C(=O)NCCCN(C)C)c12. The Morgan fingerprint density at radius 3 is 2.70 bits per heavy atom. The summed E-state index contributed by atoms with van der Waals surface area (Å²) in [6.07, 6.45) is 1.88. The molecule has 148 valence electrons. The molecule has 2 aromatic rings. The summed E-state index contributed by atoms with van der Waals surface area (Å²) < 4.78 is 11.4. The smallest absolute Gasteiger partial charge is 0.336 e. The summed E-state index contributed by atoms with van der Waals surface area (Å²) in [6.45, 7) is 7.21. The van der Waals surface area contributed by atoms with Gasteiger partial charge in [-0.25, -0.2) is 4.79 Å². The van der Waals surface area contributed by atoms with E-state index in [9.17, 15) is 9.59 Å². The van der Waals surface area contributed by atoms with Crippen LogP contribution in [-0.2, 0) is 11.2 Å². The lowest BCUT2D eigenvalue weighted by Crippen LogP contribution is -2.37. The number of amides is 1. The van der Waals surface area contributed by atoms with E-state index in [-0.39, 0.29) is 11.5 Å². The summed E-state index contributed by atoms with van der Waals surface area (Å²) in [7, 11) is 4.01. The normalized spacial score (nSPS) is 12.4. The molecule has 1 aromatic carbocycles. The van der Waals surface area contributed by atoms with E-state index in [1.807, 2.05) is 33.2 Å². The second-order valence-corrected chi connectivity index (χ2v) is 7.18. The number of fused-ring (bicyclic) bond motifs is 1. The van der Waals surface area contributed by atoms with Crippen molar-refractivity contribution in [3.63, 3.8) is 0 Å². The maximum Gasteiger partial charge on any atom is 0.336 e. The van der Waals surface area contributed by atoms with E-state index in [1.165, 1.54) is 6.07 Å². The van der Waals surface area contributed by atoms with Gasteiger partial charge in [0, 0.05) is 12.6 Å². The molecule has 0 aliphatic carbocycles. The Hall–Kier alpha value is -2.34. The van der Waals surface area contributed by atoms with E-state index >= 15 is 0 Å². The van der Waals surface area contributed by atoms with Crippen molar-refractivity contribution in [2.24, 2.45) is 0 Å². The molecule has 2 rings (SSSR count). The minimum atomic E-state index is -0.643. The molecule has 1 N–H and O–H groups in total. The second kappa shape index (κ2) is 9.55. The van der Waals surface area contributed by atoms with Gasteiger partial charge in [0.2, 0.25) is 0 Å². The van der Waals surface area contributed by atoms with Crippen molar-refractivity contribution < 1.29 is 13.9 Å². The molecular formula is C21H30N2O4. The number of carbonyl (C=O) groups is 1. The Bertz CT molecular complexity index is 842. The predicted molar refractivity (Wildman–Crippen MR) is 107 cm³/mol. The van der Waals surface area contributed by atoms with Gasteiger partial charge < -0.3 is 19.4 Å². The topological polar surface area (TPSA) is 71.8 Å². The van der Waals surface area contributed by atoms with E-state index in [4.69, 9.17) is 9.15 Å². The fourth-order valence-electron chi connectivity index (χ4n) is 3.02. The van der Waals surface area contributed by atoms with Crippen LogP contribution in [0, 0.1) is 6.92 Å². The van der Waals surface area contributed by atoms with Crippen LogP contribution in [0.2, 0.25) is 0 Å². The number of carbonyl (C=O) groups excluding carboxylic acids is 1. The third kappa shape index (κ3) is 5.82. The van der Waals surface area contributed by atoms with Gasteiger partial charge in [-0.1, -0.05) is 13.3 Å². The van der Waals surface area contributed by atoms with Crippen molar-refractivity contribution in [1.82, 2.24) is 10.2 Å². The molecule has 27 heavy (non-hydrogen) atoms. The number of ether oxygens (including phenoxy) is 1. The first kappa shape index (κ1) is 21.0. The number of aryl methyl sites for hydroxylation is 2. The maximum absolute atomic E-state index is 12.4. The van der Waals surface area contributed by atoms with Crippen molar-refractivity contribution in [2.45, 2.75) is 46.1 Å². The van der Waals surface area contributed by atoms with E-state index in [0.717, 1.165) is 42.3 Å². The van der Waals surface area contributed by atoms with Crippen LogP contribution in [-0.4, -0.2) is 44.1 Å². The molecule has 1 heterocycles. The van der Waals surface area contributed by atoms with Crippen LogP contribution >= 0.6 is 0 Å². The molecule has 0 aliphatic rings. The summed E-state index contributed by atoms with van der Waals surface area (Å²) in [5, 5.41) is 3.68. The number of rotatable bonds is 9. The molecule has 0 aliphatic heterocycles. The van der Waals surface area contributed by atoms with Crippen molar-refractivity contribution >= 4 is 16.9 Å².